The number of alkyl halides is 3. The average molecular weight is 522 g/mol. The summed E-state index contributed by atoms with van der Waals surface area (Å²) in [4.78, 5) is 17.7. The van der Waals surface area contributed by atoms with Gasteiger partial charge in [0, 0.05) is 24.5 Å². The van der Waals surface area contributed by atoms with E-state index in [1.165, 1.54) is 17.2 Å². The molecule has 0 atom stereocenters. The van der Waals surface area contributed by atoms with Crippen molar-refractivity contribution < 1.29 is 26.4 Å². The molecule has 2 heterocycles. The minimum absolute atomic E-state index is 0.00722. The summed E-state index contributed by atoms with van der Waals surface area (Å²) in [5.41, 5.74) is -1.97. The topological polar surface area (TPSA) is 108 Å². The monoisotopic (exact) mass is 521 g/mol. The molecule has 0 bridgehead atoms. The van der Waals surface area contributed by atoms with E-state index in [0.29, 0.717) is 6.07 Å². The molecule has 0 aliphatic heterocycles. The van der Waals surface area contributed by atoms with Gasteiger partial charge in [-0.15, -0.1) is 0 Å². The van der Waals surface area contributed by atoms with Crippen molar-refractivity contribution in [2.75, 3.05) is 9.62 Å². The Morgan fingerprint density at radius 3 is 2.45 bits per heavy atom. The van der Waals surface area contributed by atoms with Crippen molar-refractivity contribution in [1.29, 1.82) is 0 Å². The lowest BCUT2D eigenvalue weighted by Gasteiger charge is -2.25. The third kappa shape index (κ3) is 5.40. The molecule has 1 amide bonds. The Morgan fingerprint density at radius 1 is 1.18 bits per heavy atom. The van der Waals surface area contributed by atoms with Gasteiger partial charge in [0.2, 0.25) is 0 Å². The van der Waals surface area contributed by atoms with Crippen LogP contribution in [0.25, 0.3) is 0 Å². The maximum atomic E-state index is 13.2. The first-order valence-electron chi connectivity index (χ1n) is 9.19. The molecule has 0 aliphatic rings. The van der Waals surface area contributed by atoms with Gasteiger partial charge in [-0.3, -0.25) is 19.5 Å². The number of aromatic nitrogens is 3. The number of sulfonamides is 1. The van der Waals surface area contributed by atoms with Crippen molar-refractivity contribution in [1.82, 2.24) is 15.2 Å². The molecule has 2 aromatic heterocycles. The van der Waals surface area contributed by atoms with Crippen molar-refractivity contribution in [2.45, 2.75) is 31.0 Å². The number of amides is 1. The molecule has 0 saturated carbocycles. The summed E-state index contributed by atoms with van der Waals surface area (Å²) in [5.74, 6) is -0.452. The summed E-state index contributed by atoms with van der Waals surface area (Å²) in [5, 5.41) is 5.87. The summed E-state index contributed by atoms with van der Waals surface area (Å²) >= 11 is 11.5. The molecule has 3 rings (SSSR count). The quantitative estimate of drug-likeness (QED) is 0.475. The second-order valence-electron chi connectivity index (χ2n) is 7.00. The van der Waals surface area contributed by atoms with E-state index in [9.17, 15) is 26.4 Å². The van der Waals surface area contributed by atoms with Gasteiger partial charge in [0.15, 0.2) is 11.5 Å². The SMILES string of the molecule is CC(C)N(C(=O)c1ncc(Cl)cc1NS(=O)(=O)c1ccc(Cl)c(C(F)(F)F)c1)c1cc[nH]n1. The number of halogens is 5. The lowest BCUT2D eigenvalue weighted by Crippen LogP contribution is -2.38. The standard InChI is InChI=1S/C19H16Cl2F3N5O3S/c1-10(2)29(16-5-6-26-27-16)18(30)17-15(7-11(20)9-25-17)28-33(31,32)12-3-4-14(21)13(8-12)19(22,23)24/h3-10,28H,1-2H3,(H,26,27). The van der Waals surface area contributed by atoms with Crippen LogP contribution in [-0.4, -0.2) is 35.5 Å². The summed E-state index contributed by atoms with van der Waals surface area (Å²) in [6.45, 7) is 3.41. The number of hydrogen-bond donors (Lipinski definition) is 2. The Hall–Kier alpha value is -2.83. The zero-order valence-electron chi connectivity index (χ0n) is 17.0. The highest BCUT2D eigenvalue weighted by atomic mass is 35.5. The van der Waals surface area contributed by atoms with Gasteiger partial charge in [-0.1, -0.05) is 23.2 Å². The van der Waals surface area contributed by atoms with E-state index in [1.54, 1.807) is 13.8 Å². The highest BCUT2D eigenvalue weighted by molar-refractivity contribution is 7.92. The van der Waals surface area contributed by atoms with Crippen molar-refractivity contribution in [2.24, 2.45) is 0 Å². The van der Waals surface area contributed by atoms with Crippen molar-refractivity contribution >= 4 is 50.6 Å². The number of benzene rings is 1. The molecule has 0 unspecified atom stereocenters. The molecular formula is C19H16Cl2F3N5O3S. The zero-order chi connectivity index (χ0) is 24.6. The van der Waals surface area contributed by atoms with Gasteiger partial charge in [-0.25, -0.2) is 13.4 Å². The number of pyridine rings is 1. The van der Waals surface area contributed by atoms with Crippen LogP contribution in [0.5, 0.6) is 0 Å². The van der Waals surface area contributed by atoms with E-state index in [-0.39, 0.29) is 22.2 Å². The Morgan fingerprint density at radius 2 is 1.88 bits per heavy atom. The third-order valence-electron chi connectivity index (χ3n) is 4.32. The Kier molecular flexibility index (Phi) is 6.91. The first-order chi connectivity index (χ1) is 15.3. The van der Waals surface area contributed by atoms with Gasteiger partial charge in [-0.2, -0.15) is 18.3 Å². The van der Waals surface area contributed by atoms with E-state index in [4.69, 9.17) is 23.2 Å². The number of hydrogen-bond acceptors (Lipinski definition) is 5. The minimum atomic E-state index is -4.87. The molecule has 0 radical (unpaired) electrons. The third-order valence-corrected chi connectivity index (χ3v) is 6.22. The van der Waals surface area contributed by atoms with Crippen LogP contribution in [0.4, 0.5) is 24.7 Å². The van der Waals surface area contributed by atoms with Crippen molar-refractivity contribution in [3.63, 3.8) is 0 Å². The van der Waals surface area contributed by atoms with Crippen LogP contribution in [-0.2, 0) is 16.2 Å². The van der Waals surface area contributed by atoms with Gasteiger partial charge in [-0.05, 0) is 38.1 Å². The van der Waals surface area contributed by atoms with Crippen LogP contribution in [0, 0.1) is 0 Å². The van der Waals surface area contributed by atoms with Crippen LogP contribution in [0.1, 0.15) is 29.9 Å². The molecule has 2 N–H and O–H groups in total. The minimum Gasteiger partial charge on any atom is -0.287 e. The van der Waals surface area contributed by atoms with Crippen molar-refractivity contribution in [3.8, 4) is 0 Å². The molecule has 3 aromatic rings. The molecule has 0 spiro atoms. The number of nitrogens with zero attached hydrogens (tertiary/aromatic N) is 3. The molecule has 0 saturated heterocycles. The number of anilines is 2. The Balaban J connectivity index is 2.05. The first kappa shape index (κ1) is 24.8. The highest BCUT2D eigenvalue weighted by Crippen LogP contribution is 2.36. The number of nitrogens with one attached hydrogen (secondary N) is 2. The van der Waals surface area contributed by atoms with Crippen LogP contribution in [0.2, 0.25) is 10.0 Å². The van der Waals surface area contributed by atoms with Gasteiger partial charge < -0.3 is 0 Å². The van der Waals surface area contributed by atoms with Crippen LogP contribution in [0.3, 0.4) is 0 Å². The van der Waals surface area contributed by atoms with E-state index in [2.05, 4.69) is 19.9 Å². The Labute approximate surface area is 196 Å². The fraction of sp³-hybridized carbons (Fsp3) is 0.211. The fourth-order valence-electron chi connectivity index (χ4n) is 2.88. The van der Waals surface area contributed by atoms with Crippen LogP contribution >= 0.6 is 23.2 Å². The summed E-state index contributed by atoms with van der Waals surface area (Å²) in [6, 6.07) is 4.39. The molecule has 0 fully saturated rings. The van der Waals surface area contributed by atoms with Gasteiger partial charge in [0.05, 0.1) is 26.2 Å². The smallest absolute Gasteiger partial charge is 0.287 e. The number of carbonyl (C=O) groups is 1. The van der Waals surface area contributed by atoms with Crippen molar-refractivity contribution in [3.05, 3.63) is 64.0 Å². The lowest BCUT2D eigenvalue weighted by atomic mass is 10.2. The first-order valence-corrected chi connectivity index (χ1v) is 11.4. The maximum absolute atomic E-state index is 13.2. The van der Waals surface area contributed by atoms with E-state index in [1.807, 2.05) is 0 Å². The summed E-state index contributed by atoms with van der Waals surface area (Å²) < 4.78 is 67.4. The maximum Gasteiger partial charge on any atom is 0.417 e. The number of H-pyrrole nitrogens is 1. The van der Waals surface area contributed by atoms with E-state index in [0.717, 1.165) is 24.4 Å². The lowest BCUT2D eigenvalue weighted by molar-refractivity contribution is -0.137. The molecular weight excluding hydrogens is 506 g/mol. The molecule has 176 valence electrons. The molecule has 1 aromatic carbocycles. The van der Waals surface area contributed by atoms with Gasteiger partial charge in [0.1, 0.15) is 0 Å². The average Bonchev–Trinajstić information content (AvgIpc) is 3.20. The molecule has 8 nitrogen and oxygen atoms in total. The van der Waals surface area contributed by atoms with Crippen LogP contribution in [0.15, 0.2) is 47.6 Å². The largest absolute Gasteiger partial charge is 0.417 e. The zero-order valence-corrected chi connectivity index (χ0v) is 19.3. The number of rotatable bonds is 6. The summed E-state index contributed by atoms with van der Waals surface area (Å²) in [7, 11) is -4.59. The molecule has 14 heteroatoms. The van der Waals surface area contributed by atoms with Gasteiger partial charge >= 0.3 is 6.18 Å². The highest BCUT2D eigenvalue weighted by Gasteiger charge is 2.35. The van der Waals surface area contributed by atoms with Crippen LogP contribution < -0.4 is 9.62 Å². The second kappa shape index (κ2) is 9.20. The normalized spacial score (nSPS) is 12.1. The van der Waals surface area contributed by atoms with Gasteiger partial charge in [0.25, 0.3) is 15.9 Å². The molecule has 33 heavy (non-hydrogen) atoms. The van der Waals surface area contributed by atoms with E-state index < -0.39 is 43.6 Å². The fourth-order valence-corrected chi connectivity index (χ4v) is 4.35. The van der Waals surface area contributed by atoms with E-state index >= 15 is 0 Å². The predicted molar refractivity (Wildman–Crippen MR) is 117 cm³/mol. The number of carbonyl (C=O) groups excluding carboxylic acids is 1. The second-order valence-corrected chi connectivity index (χ2v) is 9.52. The Bertz CT molecular complexity index is 1280. The molecule has 0 aliphatic carbocycles. The summed E-state index contributed by atoms with van der Waals surface area (Å²) in [6.07, 6.45) is -2.24. The predicted octanol–water partition coefficient (Wildman–Crippen LogP) is 4.99. The number of aromatic amines is 1.